The van der Waals surface area contributed by atoms with Crippen LogP contribution in [0.25, 0.3) is 0 Å². The van der Waals surface area contributed by atoms with Gasteiger partial charge in [-0.15, -0.1) is 29.3 Å². The number of aryl methyl sites for hydroxylation is 2. The summed E-state index contributed by atoms with van der Waals surface area (Å²) in [5, 5.41) is 0. The van der Waals surface area contributed by atoms with E-state index in [9.17, 15) is 26.4 Å². The fraction of sp³-hybridized carbons (Fsp3) is 0.267. The van der Waals surface area contributed by atoms with E-state index in [1.807, 2.05) is 4.83 Å². The van der Waals surface area contributed by atoms with E-state index < -0.39 is 28.0 Å². The van der Waals surface area contributed by atoms with Crippen LogP contribution in [-0.4, -0.2) is 20.7 Å². The van der Waals surface area contributed by atoms with Crippen LogP contribution in [0.4, 0.5) is 13.2 Å². The Labute approximate surface area is 151 Å². The minimum atomic E-state index is -4.87. The van der Waals surface area contributed by atoms with Gasteiger partial charge in [0, 0.05) is 4.88 Å². The van der Waals surface area contributed by atoms with Gasteiger partial charge in [-0.2, -0.15) is 0 Å². The third-order valence-corrected chi connectivity index (χ3v) is 6.14. The average Bonchev–Trinajstić information content (AvgIpc) is 3.13. The molecule has 26 heavy (non-hydrogen) atoms. The molecular formula is C15H13F3N2O4S2. The molecule has 0 aliphatic heterocycles. The normalized spacial score (nSPS) is 14.1. The lowest BCUT2D eigenvalue weighted by molar-refractivity contribution is -0.274. The van der Waals surface area contributed by atoms with E-state index in [2.05, 4.69) is 10.2 Å². The van der Waals surface area contributed by atoms with Gasteiger partial charge in [0.1, 0.15) is 5.75 Å². The molecule has 0 spiro atoms. The summed E-state index contributed by atoms with van der Waals surface area (Å²) in [6, 6.07) is 5.35. The van der Waals surface area contributed by atoms with Gasteiger partial charge in [0.25, 0.3) is 15.9 Å². The number of nitrogens with one attached hydrogen (secondary N) is 2. The molecule has 0 bridgehead atoms. The number of thiophene rings is 1. The Morgan fingerprint density at radius 2 is 1.85 bits per heavy atom. The minimum absolute atomic E-state index is 0.319. The molecule has 140 valence electrons. The number of sulfonamides is 1. The van der Waals surface area contributed by atoms with Crippen molar-refractivity contribution in [3.63, 3.8) is 0 Å². The number of fused-ring (bicyclic) bond motifs is 1. The largest absolute Gasteiger partial charge is 0.573 e. The Hall–Kier alpha value is -2.11. The number of carbonyl (C=O) groups is 1. The average molecular weight is 406 g/mol. The summed E-state index contributed by atoms with van der Waals surface area (Å²) in [4.78, 5) is 15.2. The molecule has 1 aliphatic carbocycles. The van der Waals surface area contributed by atoms with Gasteiger partial charge in [0.05, 0.1) is 9.77 Å². The van der Waals surface area contributed by atoms with Gasteiger partial charge in [-0.1, -0.05) is 0 Å². The molecule has 0 saturated heterocycles. The van der Waals surface area contributed by atoms with Crippen LogP contribution < -0.4 is 15.0 Å². The minimum Gasteiger partial charge on any atom is -0.406 e. The van der Waals surface area contributed by atoms with Crippen LogP contribution in [-0.2, 0) is 22.9 Å². The van der Waals surface area contributed by atoms with Crippen LogP contribution in [0, 0.1) is 0 Å². The number of rotatable bonds is 5. The van der Waals surface area contributed by atoms with E-state index in [0.717, 1.165) is 54.0 Å². The van der Waals surface area contributed by atoms with Gasteiger partial charge in [-0.25, -0.2) is 8.42 Å². The summed E-state index contributed by atoms with van der Waals surface area (Å²) in [5.41, 5.74) is 3.20. The van der Waals surface area contributed by atoms with E-state index in [-0.39, 0.29) is 4.90 Å². The molecule has 11 heteroatoms. The van der Waals surface area contributed by atoms with Gasteiger partial charge in [-0.3, -0.25) is 10.2 Å². The van der Waals surface area contributed by atoms with E-state index in [1.165, 1.54) is 11.3 Å². The van der Waals surface area contributed by atoms with Crippen molar-refractivity contribution in [2.24, 2.45) is 0 Å². The molecule has 0 radical (unpaired) electrons. The highest BCUT2D eigenvalue weighted by atomic mass is 32.2. The highest BCUT2D eigenvalue weighted by molar-refractivity contribution is 7.89. The Bertz CT molecular complexity index is 900. The molecule has 2 N–H and O–H groups in total. The van der Waals surface area contributed by atoms with Crippen molar-refractivity contribution in [1.82, 2.24) is 10.3 Å². The second kappa shape index (κ2) is 6.89. The van der Waals surface area contributed by atoms with Crippen molar-refractivity contribution in [1.29, 1.82) is 0 Å². The number of hydrogen-bond donors (Lipinski definition) is 2. The lowest BCUT2D eigenvalue weighted by Gasteiger charge is -2.10. The first-order valence-corrected chi connectivity index (χ1v) is 9.73. The van der Waals surface area contributed by atoms with Gasteiger partial charge < -0.3 is 4.74 Å². The summed E-state index contributed by atoms with van der Waals surface area (Å²) < 4.78 is 64.2. The summed E-state index contributed by atoms with van der Waals surface area (Å²) in [5.74, 6) is -1.14. The monoisotopic (exact) mass is 406 g/mol. The van der Waals surface area contributed by atoms with Crippen molar-refractivity contribution >= 4 is 27.3 Å². The third kappa shape index (κ3) is 4.34. The first-order chi connectivity index (χ1) is 12.1. The summed E-state index contributed by atoms with van der Waals surface area (Å²) in [6.45, 7) is 0. The highest BCUT2D eigenvalue weighted by Crippen LogP contribution is 2.30. The lowest BCUT2D eigenvalue weighted by Crippen LogP contribution is -2.41. The van der Waals surface area contributed by atoms with Crippen molar-refractivity contribution in [2.45, 2.75) is 30.5 Å². The number of alkyl halides is 3. The lowest BCUT2D eigenvalue weighted by atomic mass is 10.2. The Morgan fingerprint density at radius 3 is 2.46 bits per heavy atom. The molecule has 0 unspecified atom stereocenters. The van der Waals surface area contributed by atoms with E-state index in [1.54, 1.807) is 6.07 Å². The summed E-state index contributed by atoms with van der Waals surface area (Å²) >= 11 is 1.31. The van der Waals surface area contributed by atoms with Crippen LogP contribution in [0.2, 0.25) is 0 Å². The van der Waals surface area contributed by atoms with Crippen molar-refractivity contribution in [3.8, 4) is 5.75 Å². The van der Waals surface area contributed by atoms with Gasteiger partial charge >= 0.3 is 6.36 Å². The molecule has 1 aromatic heterocycles. The number of halogens is 3. The number of benzene rings is 1. The molecule has 0 atom stereocenters. The third-order valence-electron chi connectivity index (χ3n) is 3.64. The maximum Gasteiger partial charge on any atom is 0.573 e. The summed E-state index contributed by atoms with van der Waals surface area (Å²) in [7, 11) is -4.13. The SMILES string of the molecule is O=C(NNS(=O)(=O)c1ccc(OC(F)(F)F)cc1)c1cc2c(s1)CCC2. The Kier molecular flexibility index (Phi) is 4.95. The maximum atomic E-state index is 12.1. The summed E-state index contributed by atoms with van der Waals surface area (Å²) in [6.07, 6.45) is -2.01. The van der Waals surface area contributed by atoms with Gasteiger partial charge in [0.2, 0.25) is 0 Å². The molecule has 0 saturated carbocycles. The number of hydrogen-bond acceptors (Lipinski definition) is 5. The maximum absolute atomic E-state index is 12.1. The predicted octanol–water partition coefficient (Wildman–Crippen LogP) is 2.76. The fourth-order valence-corrected chi connectivity index (χ4v) is 4.48. The van der Waals surface area contributed by atoms with Crippen molar-refractivity contribution in [2.75, 3.05) is 0 Å². The first kappa shape index (κ1) is 18.7. The molecule has 2 aromatic rings. The highest BCUT2D eigenvalue weighted by Gasteiger charge is 2.31. The van der Waals surface area contributed by atoms with Crippen LogP contribution in [0.3, 0.4) is 0 Å². The molecule has 1 aliphatic rings. The number of ether oxygens (including phenoxy) is 1. The van der Waals surface area contributed by atoms with Crippen LogP contribution >= 0.6 is 11.3 Å². The zero-order valence-corrected chi connectivity index (χ0v) is 14.7. The molecule has 1 amide bonds. The smallest absolute Gasteiger partial charge is 0.406 e. The quantitative estimate of drug-likeness (QED) is 0.748. The number of hydrazine groups is 1. The van der Waals surface area contributed by atoms with E-state index >= 15 is 0 Å². The van der Waals surface area contributed by atoms with Crippen LogP contribution in [0.15, 0.2) is 35.2 Å². The number of amides is 1. The zero-order chi connectivity index (χ0) is 18.9. The van der Waals surface area contributed by atoms with Crippen molar-refractivity contribution < 1.29 is 31.1 Å². The van der Waals surface area contributed by atoms with Crippen LogP contribution in [0.1, 0.15) is 26.5 Å². The fourth-order valence-electron chi connectivity index (χ4n) is 2.50. The topological polar surface area (TPSA) is 84.5 Å². The van der Waals surface area contributed by atoms with Crippen molar-refractivity contribution in [3.05, 3.63) is 45.6 Å². The van der Waals surface area contributed by atoms with E-state index in [4.69, 9.17) is 0 Å². The standard InChI is InChI=1S/C15H13F3N2O4S2/c16-15(17,18)24-10-4-6-11(7-5-10)26(22,23)20-19-14(21)13-8-9-2-1-3-12(9)25-13/h4-8,20H,1-3H2,(H,19,21). The Morgan fingerprint density at radius 1 is 1.15 bits per heavy atom. The second-order valence-electron chi connectivity index (χ2n) is 5.49. The first-order valence-electron chi connectivity index (χ1n) is 7.43. The number of carbonyl (C=O) groups excluding carboxylic acids is 1. The molecule has 1 heterocycles. The van der Waals surface area contributed by atoms with Crippen LogP contribution in [0.5, 0.6) is 5.75 Å². The van der Waals surface area contributed by atoms with Gasteiger partial charge in [-0.05, 0) is 55.2 Å². The Balaban J connectivity index is 1.63. The van der Waals surface area contributed by atoms with E-state index in [0.29, 0.717) is 4.88 Å². The molecule has 6 nitrogen and oxygen atoms in total. The molecule has 1 aromatic carbocycles. The molecule has 0 fully saturated rings. The predicted molar refractivity (Wildman–Crippen MR) is 87.3 cm³/mol. The molecular weight excluding hydrogens is 393 g/mol. The zero-order valence-electron chi connectivity index (χ0n) is 13.1. The second-order valence-corrected chi connectivity index (χ2v) is 8.31. The molecule has 3 rings (SSSR count). The van der Waals surface area contributed by atoms with Gasteiger partial charge in [0.15, 0.2) is 0 Å².